The molecule has 0 heterocycles. The number of carbonyl (C=O) groups is 2. The van der Waals surface area contributed by atoms with Gasteiger partial charge in [0, 0.05) is 20.0 Å². The first-order valence-electron chi connectivity index (χ1n) is 13.0. The minimum atomic E-state index is -4.26. The third kappa shape index (κ3) is 8.02. The number of nitrogens with one attached hydrogen (secondary N) is 1. The molecule has 224 valence electrons. The van der Waals surface area contributed by atoms with Gasteiger partial charge in [0.05, 0.1) is 30.7 Å². The molecule has 4 aromatic carbocycles. The largest absolute Gasteiger partial charge is 0.357 e. The van der Waals surface area contributed by atoms with Gasteiger partial charge in [-0.3, -0.25) is 13.9 Å². The van der Waals surface area contributed by atoms with Crippen molar-refractivity contribution in [2.45, 2.75) is 23.9 Å². The van der Waals surface area contributed by atoms with Crippen molar-refractivity contribution >= 4 is 73.9 Å². The first-order chi connectivity index (χ1) is 20.5. The molecule has 12 heteroatoms. The van der Waals surface area contributed by atoms with Crippen molar-refractivity contribution in [1.29, 1.82) is 0 Å². The minimum absolute atomic E-state index is 0.0305. The number of benzene rings is 4. The van der Waals surface area contributed by atoms with Crippen molar-refractivity contribution in [3.05, 3.63) is 128 Å². The maximum Gasteiger partial charge on any atom is 0.264 e. The van der Waals surface area contributed by atoms with Crippen LogP contribution in [0.15, 0.2) is 102 Å². The summed E-state index contributed by atoms with van der Waals surface area (Å²) in [5, 5.41) is 3.57. The highest BCUT2D eigenvalue weighted by Crippen LogP contribution is 2.31. The Balaban J connectivity index is 1.81. The lowest BCUT2D eigenvalue weighted by atomic mass is 10.0. The van der Waals surface area contributed by atoms with E-state index in [4.69, 9.17) is 46.4 Å². The molecule has 0 saturated heterocycles. The zero-order valence-corrected chi connectivity index (χ0v) is 26.7. The summed E-state index contributed by atoms with van der Waals surface area (Å²) in [6.07, 6.45) is 0.172. The van der Waals surface area contributed by atoms with Crippen LogP contribution >= 0.6 is 46.4 Å². The van der Waals surface area contributed by atoms with Crippen LogP contribution < -0.4 is 9.62 Å². The van der Waals surface area contributed by atoms with Crippen molar-refractivity contribution in [1.82, 2.24) is 10.2 Å². The Morgan fingerprint density at radius 3 is 1.91 bits per heavy atom. The van der Waals surface area contributed by atoms with Crippen LogP contribution in [0, 0.1) is 0 Å². The van der Waals surface area contributed by atoms with Gasteiger partial charge < -0.3 is 10.2 Å². The summed E-state index contributed by atoms with van der Waals surface area (Å²) in [5.74, 6) is -1.06. The van der Waals surface area contributed by atoms with Gasteiger partial charge in [-0.1, -0.05) is 101 Å². The maximum atomic E-state index is 14.3. The third-order valence-electron chi connectivity index (χ3n) is 6.66. The predicted molar refractivity (Wildman–Crippen MR) is 172 cm³/mol. The zero-order chi connectivity index (χ0) is 31.1. The summed E-state index contributed by atoms with van der Waals surface area (Å²) in [7, 11) is -2.79. The molecule has 1 N–H and O–H groups in total. The smallest absolute Gasteiger partial charge is 0.264 e. The first kappa shape index (κ1) is 32.6. The number of anilines is 1. The van der Waals surface area contributed by atoms with Crippen LogP contribution in [0.2, 0.25) is 20.1 Å². The van der Waals surface area contributed by atoms with E-state index < -0.39 is 34.4 Å². The van der Waals surface area contributed by atoms with Gasteiger partial charge in [0.1, 0.15) is 12.6 Å². The highest BCUT2D eigenvalue weighted by Gasteiger charge is 2.34. The van der Waals surface area contributed by atoms with E-state index in [9.17, 15) is 18.0 Å². The molecule has 1 unspecified atom stereocenters. The van der Waals surface area contributed by atoms with Gasteiger partial charge in [0.2, 0.25) is 11.8 Å². The maximum absolute atomic E-state index is 14.3. The van der Waals surface area contributed by atoms with Crippen LogP contribution in [0.4, 0.5) is 5.69 Å². The van der Waals surface area contributed by atoms with Gasteiger partial charge in [0.25, 0.3) is 10.0 Å². The molecule has 0 bridgehead atoms. The van der Waals surface area contributed by atoms with Crippen molar-refractivity contribution in [3.63, 3.8) is 0 Å². The topological polar surface area (TPSA) is 86.8 Å². The van der Waals surface area contributed by atoms with Gasteiger partial charge in [-0.25, -0.2) is 8.42 Å². The normalized spacial score (nSPS) is 11.9. The molecule has 0 fully saturated rings. The SMILES string of the molecule is CNC(=O)C(Cc1ccccc1)N(Cc1ccc(Cl)c(Cl)c1)C(=O)CN(c1ccc(Cl)c(Cl)c1)S(=O)(=O)c1ccccc1. The first-order valence-corrected chi connectivity index (χ1v) is 16.0. The monoisotopic (exact) mass is 677 g/mol. The number of rotatable bonds is 11. The van der Waals surface area contributed by atoms with Crippen LogP contribution in [0.1, 0.15) is 11.1 Å². The van der Waals surface area contributed by atoms with E-state index in [2.05, 4.69) is 5.32 Å². The lowest BCUT2D eigenvalue weighted by Gasteiger charge is -2.33. The van der Waals surface area contributed by atoms with E-state index in [1.165, 1.54) is 42.3 Å². The summed E-state index contributed by atoms with van der Waals surface area (Å²) in [6.45, 7) is -0.694. The van der Waals surface area contributed by atoms with E-state index in [0.29, 0.717) is 10.6 Å². The molecule has 4 rings (SSSR count). The Morgan fingerprint density at radius 2 is 1.33 bits per heavy atom. The van der Waals surface area contributed by atoms with Crippen LogP contribution in [0.25, 0.3) is 0 Å². The molecule has 0 aliphatic rings. The standard InChI is InChI=1S/C31H27Cl4N3O4S/c1-36-31(40)29(17-21-8-4-2-5-9-21)37(19-22-12-14-25(32)27(34)16-22)30(39)20-38(23-13-15-26(33)28(35)18-23)43(41,42)24-10-6-3-7-11-24/h2-16,18,29H,17,19-20H2,1H3,(H,36,40). The number of amides is 2. The van der Waals surface area contributed by atoms with Gasteiger partial charge in [-0.05, 0) is 53.6 Å². The summed E-state index contributed by atoms with van der Waals surface area (Å²) in [5.41, 5.74) is 1.53. The Kier molecular flexibility index (Phi) is 11.0. The number of carbonyl (C=O) groups excluding carboxylic acids is 2. The molecule has 0 aromatic heterocycles. The number of nitrogens with zero attached hydrogens (tertiary/aromatic N) is 2. The number of halogens is 4. The van der Waals surface area contributed by atoms with Crippen molar-refractivity contribution in [3.8, 4) is 0 Å². The summed E-state index contributed by atoms with van der Waals surface area (Å²) >= 11 is 24.8. The average Bonchev–Trinajstić information content (AvgIpc) is 3.01. The number of hydrogen-bond donors (Lipinski definition) is 1. The fourth-order valence-electron chi connectivity index (χ4n) is 4.44. The molecule has 0 aliphatic heterocycles. The van der Waals surface area contributed by atoms with Gasteiger partial charge in [0.15, 0.2) is 0 Å². The highest BCUT2D eigenvalue weighted by atomic mass is 35.5. The van der Waals surface area contributed by atoms with Gasteiger partial charge in [-0.15, -0.1) is 0 Å². The molecular formula is C31H27Cl4N3O4S. The fourth-order valence-corrected chi connectivity index (χ4v) is 6.48. The lowest BCUT2D eigenvalue weighted by Crippen LogP contribution is -2.53. The zero-order valence-electron chi connectivity index (χ0n) is 22.9. The predicted octanol–water partition coefficient (Wildman–Crippen LogP) is 6.88. The summed E-state index contributed by atoms with van der Waals surface area (Å²) < 4.78 is 28.8. The minimum Gasteiger partial charge on any atom is -0.357 e. The Bertz CT molecular complexity index is 1710. The number of hydrogen-bond acceptors (Lipinski definition) is 4. The van der Waals surface area contributed by atoms with Crippen LogP contribution in [0.5, 0.6) is 0 Å². The molecule has 7 nitrogen and oxygen atoms in total. The highest BCUT2D eigenvalue weighted by molar-refractivity contribution is 7.92. The van der Waals surface area contributed by atoms with Crippen molar-refractivity contribution in [2.24, 2.45) is 0 Å². The average molecular weight is 679 g/mol. The molecule has 0 saturated carbocycles. The van der Waals surface area contributed by atoms with Crippen molar-refractivity contribution in [2.75, 3.05) is 17.9 Å². The summed E-state index contributed by atoms with van der Waals surface area (Å²) in [4.78, 5) is 28.9. The lowest BCUT2D eigenvalue weighted by molar-refractivity contribution is -0.139. The fraction of sp³-hybridized carbons (Fsp3) is 0.161. The second kappa shape index (κ2) is 14.5. The Hall–Kier alpha value is -3.27. The van der Waals surface area contributed by atoms with E-state index in [-0.39, 0.29) is 38.6 Å². The molecule has 4 aromatic rings. The van der Waals surface area contributed by atoms with E-state index in [0.717, 1.165) is 9.87 Å². The number of likely N-dealkylation sites (N-methyl/N-ethyl adjacent to an activating group) is 1. The molecule has 1 atom stereocenters. The summed E-state index contributed by atoms with van der Waals surface area (Å²) in [6, 6.07) is 25.1. The molecule has 0 radical (unpaired) electrons. The second-order valence-corrected chi connectivity index (χ2v) is 13.0. The van der Waals surface area contributed by atoms with Gasteiger partial charge >= 0.3 is 0 Å². The quantitative estimate of drug-likeness (QED) is 0.187. The second-order valence-electron chi connectivity index (χ2n) is 9.51. The molecular weight excluding hydrogens is 652 g/mol. The van der Waals surface area contributed by atoms with Crippen LogP contribution in [0.3, 0.4) is 0 Å². The number of sulfonamides is 1. The molecule has 2 amide bonds. The van der Waals surface area contributed by atoms with Gasteiger partial charge in [-0.2, -0.15) is 0 Å². The van der Waals surface area contributed by atoms with E-state index >= 15 is 0 Å². The third-order valence-corrected chi connectivity index (χ3v) is 9.92. The van der Waals surface area contributed by atoms with Crippen molar-refractivity contribution < 1.29 is 18.0 Å². The van der Waals surface area contributed by atoms with E-state index in [1.807, 2.05) is 30.3 Å². The Labute approximate surface area is 271 Å². The molecule has 0 spiro atoms. The van der Waals surface area contributed by atoms with Crippen LogP contribution in [-0.2, 0) is 32.6 Å². The Morgan fingerprint density at radius 1 is 0.744 bits per heavy atom. The van der Waals surface area contributed by atoms with Crippen LogP contribution in [-0.4, -0.2) is 44.8 Å². The molecule has 43 heavy (non-hydrogen) atoms. The molecule has 0 aliphatic carbocycles. The van der Waals surface area contributed by atoms with E-state index in [1.54, 1.807) is 36.4 Å².